The largest absolute Gasteiger partial charge is 0.493 e. The minimum absolute atomic E-state index is 0.306. The van der Waals surface area contributed by atoms with Gasteiger partial charge in [0.1, 0.15) is 11.5 Å². The molecule has 2 aromatic carbocycles. The number of rotatable bonds is 4. The molecule has 114 valence electrons. The van der Waals surface area contributed by atoms with E-state index in [2.05, 4.69) is 0 Å². The summed E-state index contributed by atoms with van der Waals surface area (Å²) < 4.78 is 11.3. The summed E-state index contributed by atoms with van der Waals surface area (Å²) in [5, 5.41) is 1.30. The maximum Gasteiger partial charge on any atom is 0.261 e. The predicted molar refractivity (Wildman–Crippen MR) is 82.7 cm³/mol. The van der Waals surface area contributed by atoms with Crippen molar-refractivity contribution < 1.29 is 19.1 Å². The minimum atomic E-state index is -0.306. The molecule has 0 aliphatic carbocycles. The Morgan fingerprint density at radius 2 is 1.27 bits per heavy atom. The number of nitrogens with zero attached hydrogens (tertiary/aromatic N) is 1. The Kier molecular flexibility index (Phi) is 3.48. The second-order valence-corrected chi connectivity index (χ2v) is 5.01. The third-order valence-corrected chi connectivity index (χ3v) is 3.75. The van der Waals surface area contributed by atoms with Crippen LogP contribution in [-0.4, -0.2) is 37.0 Å². The molecule has 0 saturated carbocycles. The highest BCUT2D eigenvalue weighted by Gasteiger charge is 2.32. The molecule has 0 unspecified atom stereocenters. The van der Waals surface area contributed by atoms with Gasteiger partial charge in [-0.1, -0.05) is 0 Å². The number of carbonyl (C=O) groups excluding carboxylic acids is 2. The summed E-state index contributed by atoms with van der Waals surface area (Å²) in [7, 11) is 1.49. The number of ether oxygens (including phenoxy) is 2. The van der Waals surface area contributed by atoms with E-state index < -0.39 is 0 Å². The maximum atomic E-state index is 12.4. The Hall–Kier alpha value is -2.56. The first-order chi connectivity index (χ1) is 10.6. The van der Waals surface area contributed by atoms with E-state index in [1.165, 1.54) is 7.05 Å². The Balaban J connectivity index is 2.41. The van der Waals surface area contributed by atoms with Gasteiger partial charge < -0.3 is 9.47 Å². The Morgan fingerprint density at radius 1 is 0.818 bits per heavy atom. The van der Waals surface area contributed by atoms with Gasteiger partial charge in [0.2, 0.25) is 0 Å². The molecule has 0 N–H and O–H groups in total. The average Bonchev–Trinajstić information content (AvgIpc) is 2.52. The molecule has 0 aromatic heterocycles. The number of amides is 2. The van der Waals surface area contributed by atoms with Crippen LogP contribution in [0.25, 0.3) is 10.8 Å². The number of benzene rings is 2. The van der Waals surface area contributed by atoms with E-state index in [1.54, 1.807) is 24.3 Å². The lowest BCUT2D eigenvalue weighted by Crippen LogP contribution is -2.36. The van der Waals surface area contributed by atoms with E-state index in [0.29, 0.717) is 46.6 Å². The van der Waals surface area contributed by atoms with Gasteiger partial charge in [-0.3, -0.25) is 14.5 Å². The number of carbonyl (C=O) groups is 2. The van der Waals surface area contributed by atoms with Crippen molar-refractivity contribution in [1.82, 2.24) is 4.90 Å². The summed E-state index contributed by atoms with van der Waals surface area (Å²) in [6, 6.07) is 6.93. The first kappa shape index (κ1) is 14.4. The highest BCUT2D eigenvalue weighted by molar-refractivity contribution is 6.26. The van der Waals surface area contributed by atoms with Gasteiger partial charge in [-0.05, 0) is 38.1 Å². The second kappa shape index (κ2) is 5.33. The van der Waals surface area contributed by atoms with Gasteiger partial charge in [-0.2, -0.15) is 0 Å². The molecule has 1 aliphatic heterocycles. The molecule has 0 spiro atoms. The van der Waals surface area contributed by atoms with Crippen molar-refractivity contribution in [3.63, 3.8) is 0 Å². The lowest BCUT2D eigenvalue weighted by atomic mass is 9.93. The lowest BCUT2D eigenvalue weighted by Gasteiger charge is -2.25. The molecule has 3 rings (SSSR count). The van der Waals surface area contributed by atoms with Crippen LogP contribution >= 0.6 is 0 Å². The Morgan fingerprint density at radius 3 is 1.68 bits per heavy atom. The molecule has 5 heteroatoms. The summed E-state index contributed by atoms with van der Waals surface area (Å²) in [6.45, 7) is 4.76. The van der Waals surface area contributed by atoms with E-state index in [-0.39, 0.29) is 11.8 Å². The number of hydrogen-bond donors (Lipinski definition) is 0. The van der Waals surface area contributed by atoms with Gasteiger partial charge in [0.05, 0.1) is 18.6 Å². The molecule has 0 bridgehead atoms. The predicted octanol–water partition coefficient (Wildman–Crippen LogP) is 2.86. The summed E-state index contributed by atoms with van der Waals surface area (Å²) >= 11 is 0. The third kappa shape index (κ3) is 1.93. The van der Waals surface area contributed by atoms with Gasteiger partial charge in [0.15, 0.2) is 0 Å². The van der Waals surface area contributed by atoms with Gasteiger partial charge in [0.25, 0.3) is 11.8 Å². The zero-order valence-electron chi connectivity index (χ0n) is 12.8. The summed E-state index contributed by atoms with van der Waals surface area (Å²) in [5.41, 5.74) is 0.995. The Labute approximate surface area is 128 Å². The van der Waals surface area contributed by atoms with Gasteiger partial charge in [0, 0.05) is 23.6 Å². The van der Waals surface area contributed by atoms with Crippen LogP contribution in [0.3, 0.4) is 0 Å². The molecule has 0 saturated heterocycles. The molecule has 22 heavy (non-hydrogen) atoms. The summed E-state index contributed by atoms with van der Waals surface area (Å²) in [4.78, 5) is 25.9. The number of imide groups is 1. The third-order valence-electron chi connectivity index (χ3n) is 3.75. The molecule has 1 aliphatic rings. The van der Waals surface area contributed by atoms with Crippen LogP contribution in [0.5, 0.6) is 11.5 Å². The van der Waals surface area contributed by atoms with Crippen LogP contribution in [-0.2, 0) is 0 Å². The quantitative estimate of drug-likeness (QED) is 0.815. The van der Waals surface area contributed by atoms with Crippen LogP contribution < -0.4 is 9.47 Å². The van der Waals surface area contributed by atoms with Crippen LogP contribution in [0.2, 0.25) is 0 Å². The molecule has 1 heterocycles. The molecular formula is C17H17NO4. The van der Waals surface area contributed by atoms with E-state index >= 15 is 0 Å². The van der Waals surface area contributed by atoms with Gasteiger partial charge in [-0.25, -0.2) is 0 Å². The normalized spacial score (nSPS) is 13.7. The van der Waals surface area contributed by atoms with Crippen LogP contribution in [0, 0.1) is 0 Å². The fourth-order valence-electron chi connectivity index (χ4n) is 2.80. The van der Waals surface area contributed by atoms with E-state index in [0.717, 1.165) is 4.90 Å². The van der Waals surface area contributed by atoms with Crippen molar-refractivity contribution in [2.24, 2.45) is 0 Å². The van der Waals surface area contributed by atoms with Crippen molar-refractivity contribution in [3.8, 4) is 11.5 Å². The van der Waals surface area contributed by atoms with Crippen LogP contribution in [0.15, 0.2) is 24.3 Å². The van der Waals surface area contributed by atoms with Crippen molar-refractivity contribution in [1.29, 1.82) is 0 Å². The van der Waals surface area contributed by atoms with Gasteiger partial charge in [-0.15, -0.1) is 0 Å². The fourth-order valence-corrected chi connectivity index (χ4v) is 2.80. The molecular weight excluding hydrogens is 282 g/mol. The van der Waals surface area contributed by atoms with Crippen LogP contribution in [0.4, 0.5) is 0 Å². The van der Waals surface area contributed by atoms with E-state index in [9.17, 15) is 9.59 Å². The Bertz CT molecular complexity index is 721. The summed E-state index contributed by atoms with van der Waals surface area (Å²) in [6.07, 6.45) is 0. The maximum absolute atomic E-state index is 12.4. The minimum Gasteiger partial charge on any atom is -0.493 e. The topological polar surface area (TPSA) is 55.8 Å². The highest BCUT2D eigenvalue weighted by Crippen LogP contribution is 2.40. The molecule has 2 aromatic rings. The molecule has 0 atom stereocenters. The van der Waals surface area contributed by atoms with E-state index in [4.69, 9.17) is 9.47 Å². The summed E-state index contributed by atoms with van der Waals surface area (Å²) in [5.74, 6) is 0.631. The van der Waals surface area contributed by atoms with Crippen molar-refractivity contribution in [2.45, 2.75) is 13.8 Å². The van der Waals surface area contributed by atoms with Crippen LogP contribution in [0.1, 0.15) is 34.6 Å². The molecule has 2 amide bonds. The first-order valence-electron chi connectivity index (χ1n) is 7.27. The molecule has 0 fully saturated rings. The van der Waals surface area contributed by atoms with E-state index in [1.807, 2.05) is 13.8 Å². The average molecular weight is 299 g/mol. The smallest absolute Gasteiger partial charge is 0.261 e. The van der Waals surface area contributed by atoms with Crippen molar-refractivity contribution >= 4 is 22.6 Å². The SMILES string of the molecule is CCOc1ccc2c3c(ccc(OCC)c13)C(=O)N(C)C2=O. The highest BCUT2D eigenvalue weighted by atomic mass is 16.5. The standard InChI is InChI=1S/C17H17NO4/c1-4-21-12-8-6-10-14-11(17(20)18(3)16(10)19)7-9-13(15(12)14)22-5-2/h6-9H,4-5H2,1-3H3. The first-order valence-corrected chi connectivity index (χ1v) is 7.27. The van der Waals surface area contributed by atoms with Crippen molar-refractivity contribution in [3.05, 3.63) is 35.4 Å². The molecule has 5 nitrogen and oxygen atoms in total. The second-order valence-electron chi connectivity index (χ2n) is 5.01. The molecule has 0 radical (unpaired) electrons. The van der Waals surface area contributed by atoms with Crippen molar-refractivity contribution in [2.75, 3.05) is 20.3 Å². The zero-order chi connectivity index (χ0) is 15.9. The zero-order valence-corrected chi connectivity index (χ0v) is 12.8. The number of hydrogen-bond acceptors (Lipinski definition) is 4. The monoisotopic (exact) mass is 299 g/mol. The van der Waals surface area contributed by atoms with Gasteiger partial charge >= 0.3 is 0 Å². The fraction of sp³-hybridized carbons (Fsp3) is 0.294. The lowest BCUT2D eigenvalue weighted by molar-refractivity contribution is 0.0650.